The zero-order chi connectivity index (χ0) is 31.3. The van der Waals surface area contributed by atoms with Crippen LogP contribution in [0.25, 0.3) is 16.5 Å². The molecule has 0 radical (unpaired) electrons. The highest BCUT2D eigenvalue weighted by Gasteiger charge is 2.22. The van der Waals surface area contributed by atoms with Crippen LogP contribution in [0.5, 0.6) is 5.88 Å². The summed E-state index contributed by atoms with van der Waals surface area (Å²) >= 11 is 6.16. The van der Waals surface area contributed by atoms with Gasteiger partial charge in [0.05, 0.1) is 40.9 Å². The van der Waals surface area contributed by atoms with Gasteiger partial charge in [0, 0.05) is 42.7 Å². The fourth-order valence-electron chi connectivity index (χ4n) is 5.54. The molecule has 1 aliphatic heterocycles. The Kier molecular flexibility index (Phi) is 9.32. The molecule has 2 aromatic carbocycles. The van der Waals surface area contributed by atoms with Crippen molar-refractivity contribution >= 4 is 51.4 Å². The molecule has 2 atom stereocenters. The van der Waals surface area contributed by atoms with Gasteiger partial charge in [-0.3, -0.25) is 4.79 Å². The number of amides is 1. The molecule has 1 unspecified atom stereocenters. The SMILES string of the molecule is COC(=O)c1ccc(NC(=O)CC2CC=C(c3cccc(OCc4ccc(Cl)c5cc(F)oc45)n3)CC2)c(NC[C@@H]2CCO2)c1. The first-order valence-electron chi connectivity index (χ1n) is 14.9. The lowest BCUT2D eigenvalue weighted by Crippen LogP contribution is -2.33. The van der Waals surface area contributed by atoms with E-state index >= 15 is 0 Å². The molecular formula is C34H33ClFN3O6. The van der Waals surface area contributed by atoms with Gasteiger partial charge >= 0.3 is 5.97 Å². The maximum Gasteiger partial charge on any atom is 0.337 e. The second-order valence-corrected chi connectivity index (χ2v) is 11.6. The normalized spacial score (nSPS) is 17.7. The largest absolute Gasteiger partial charge is 0.473 e. The van der Waals surface area contributed by atoms with Crippen LogP contribution in [-0.2, 0) is 20.9 Å². The van der Waals surface area contributed by atoms with Gasteiger partial charge < -0.3 is 29.3 Å². The van der Waals surface area contributed by atoms with E-state index in [1.165, 1.54) is 13.2 Å². The fourth-order valence-corrected chi connectivity index (χ4v) is 5.74. The van der Waals surface area contributed by atoms with E-state index in [0.717, 1.165) is 43.6 Å². The lowest BCUT2D eigenvalue weighted by Gasteiger charge is -2.27. The summed E-state index contributed by atoms with van der Waals surface area (Å²) < 4.78 is 35.2. The molecule has 3 heterocycles. The lowest BCUT2D eigenvalue weighted by atomic mass is 9.86. The maximum atomic E-state index is 13.7. The molecule has 0 saturated carbocycles. The minimum absolute atomic E-state index is 0.0909. The van der Waals surface area contributed by atoms with Gasteiger partial charge in [-0.15, -0.1) is 0 Å². The molecular weight excluding hydrogens is 601 g/mol. The quantitative estimate of drug-likeness (QED) is 0.164. The monoisotopic (exact) mass is 633 g/mol. The van der Waals surface area contributed by atoms with Gasteiger partial charge in [0.25, 0.3) is 6.01 Å². The molecule has 9 nitrogen and oxygen atoms in total. The number of fused-ring (bicyclic) bond motifs is 1. The molecule has 1 saturated heterocycles. The second kappa shape index (κ2) is 13.7. The maximum absolute atomic E-state index is 13.7. The Labute approximate surface area is 264 Å². The Morgan fingerprint density at radius 1 is 1.11 bits per heavy atom. The summed E-state index contributed by atoms with van der Waals surface area (Å²) in [5, 5.41) is 7.23. The number of rotatable bonds is 11. The summed E-state index contributed by atoms with van der Waals surface area (Å²) in [5.41, 5.74) is 4.60. The highest BCUT2D eigenvalue weighted by molar-refractivity contribution is 6.35. The van der Waals surface area contributed by atoms with E-state index < -0.39 is 12.0 Å². The third-order valence-corrected chi connectivity index (χ3v) is 8.46. The highest BCUT2D eigenvalue weighted by atomic mass is 35.5. The first kappa shape index (κ1) is 30.6. The number of allylic oxidation sites excluding steroid dienone is 2. The van der Waals surface area contributed by atoms with E-state index in [4.69, 9.17) is 30.2 Å². The number of pyridine rings is 1. The van der Waals surface area contributed by atoms with Gasteiger partial charge in [-0.25, -0.2) is 9.78 Å². The smallest absolute Gasteiger partial charge is 0.337 e. The molecule has 45 heavy (non-hydrogen) atoms. The van der Waals surface area contributed by atoms with E-state index in [1.54, 1.807) is 36.4 Å². The summed E-state index contributed by atoms with van der Waals surface area (Å²) in [7, 11) is 1.34. The fraction of sp³-hybridized carbons (Fsp3) is 0.324. The number of methoxy groups -OCH3 is 1. The van der Waals surface area contributed by atoms with Crippen LogP contribution in [0.15, 0.2) is 65.1 Å². The van der Waals surface area contributed by atoms with Crippen LogP contribution in [0.4, 0.5) is 15.8 Å². The van der Waals surface area contributed by atoms with E-state index in [0.29, 0.717) is 57.3 Å². The number of furan rings is 1. The molecule has 11 heteroatoms. The number of halogens is 2. The van der Waals surface area contributed by atoms with Crippen LogP contribution in [0.1, 0.15) is 53.7 Å². The van der Waals surface area contributed by atoms with Gasteiger partial charge in [-0.05, 0) is 67.5 Å². The van der Waals surface area contributed by atoms with Gasteiger partial charge in [0.2, 0.25) is 11.8 Å². The van der Waals surface area contributed by atoms with Crippen LogP contribution in [0, 0.1) is 11.9 Å². The third kappa shape index (κ3) is 7.29. The number of hydrogen-bond acceptors (Lipinski definition) is 8. The number of carbonyl (C=O) groups is 2. The van der Waals surface area contributed by atoms with Gasteiger partial charge in [0.15, 0.2) is 0 Å². The van der Waals surface area contributed by atoms with Crippen LogP contribution in [0.2, 0.25) is 5.02 Å². The molecule has 1 fully saturated rings. The van der Waals surface area contributed by atoms with Crippen molar-refractivity contribution in [3.63, 3.8) is 0 Å². The average molecular weight is 634 g/mol. The predicted molar refractivity (Wildman–Crippen MR) is 169 cm³/mol. The van der Waals surface area contributed by atoms with E-state index in [-0.39, 0.29) is 24.5 Å². The summed E-state index contributed by atoms with van der Waals surface area (Å²) in [5.74, 6) is 0.0903. The number of esters is 1. The Balaban J connectivity index is 1.05. The Hall–Kier alpha value is -4.41. The van der Waals surface area contributed by atoms with E-state index in [1.807, 2.05) is 12.1 Å². The molecule has 2 N–H and O–H groups in total. The number of anilines is 2. The molecule has 2 aliphatic rings. The summed E-state index contributed by atoms with van der Waals surface area (Å²) in [6, 6.07) is 14.6. The lowest BCUT2D eigenvalue weighted by molar-refractivity contribution is -0.117. The topological polar surface area (TPSA) is 112 Å². The number of benzene rings is 2. The number of carbonyl (C=O) groups excluding carboxylic acids is 2. The molecule has 2 aromatic heterocycles. The number of nitrogens with one attached hydrogen (secondary N) is 2. The van der Waals surface area contributed by atoms with Crippen molar-refractivity contribution in [1.82, 2.24) is 4.98 Å². The minimum Gasteiger partial charge on any atom is -0.473 e. The van der Waals surface area contributed by atoms with Crippen molar-refractivity contribution in [3.05, 3.63) is 88.5 Å². The van der Waals surface area contributed by atoms with Crippen molar-refractivity contribution < 1.29 is 32.6 Å². The van der Waals surface area contributed by atoms with Gasteiger partial charge in [-0.2, -0.15) is 4.39 Å². The Morgan fingerprint density at radius 3 is 2.73 bits per heavy atom. The van der Waals surface area contributed by atoms with Crippen molar-refractivity contribution in [2.75, 3.05) is 30.9 Å². The zero-order valence-corrected chi connectivity index (χ0v) is 25.5. The third-order valence-electron chi connectivity index (χ3n) is 8.13. The van der Waals surface area contributed by atoms with Crippen LogP contribution in [-0.4, -0.2) is 43.2 Å². The molecule has 1 aliphatic carbocycles. The molecule has 0 bridgehead atoms. The minimum atomic E-state index is -0.703. The van der Waals surface area contributed by atoms with Crippen molar-refractivity contribution in [3.8, 4) is 5.88 Å². The summed E-state index contributed by atoms with van der Waals surface area (Å²) in [6.07, 6.45) is 5.95. The van der Waals surface area contributed by atoms with Crippen LogP contribution < -0.4 is 15.4 Å². The van der Waals surface area contributed by atoms with E-state index in [9.17, 15) is 14.0 Å². The molecule has 4 aromatic rings. The predicted octanol–water partition coefficient (Wildman–Crippen LogP) is 7.40. The van der Waals surface area contributed by atoms with Crippen LogP contribution in [0.3, 0.4) is 0 Å². The zero-order valence-electron chi connectivity index (χ0n) is 24.7. The van der Waals surface area contributed by atoms with Crippen molar-refractivity contribution in [2.45, 2.75) is 44.8 Å². The Bertz CT molecular complexity index is 1750. The number of hydrogen-bond donors (Lipinski definition) is 2. The van der Waals surface area contributed by atoms with Crippen molar-refractivity contribution in [1.29, 1.82) is 0 Å². The second-order valence-electron chi connectivity index (χ2n) is 11.2. The first-order chi connectivity index (χ1) is 21.9. The number of nitrogens with zero attached hydrogens (tertiary/aromatic N) is 1. The molecule has 1 amide bonds. The van der Waals surface area contributed by atoms with Crippen LogP contribution >= 0.6 is 11.6 Å². The number of aromatic nitrogens is 1. The average Bonchev–Trinajstić information content (AvgIpc) is 3.43. The van der Waals surface area contributed by atoms with Crippen molar-refractivity contribution in [2.24, 2.45) is 5.92 Å². The molecule has 234 valence electrons. The summed E-state index contributed by atoms with van der Waals surface area (Å²) in [4.78, 5) is 29.8. The van der Waals surface area contributed by atoms with Gasteiger partial charge in [-0.1, -0.05) is 29.8 Å². The standard InChI is InChI=1S/C34H33ClFN3O6/c1-42-34(41)22-10-12-28(29(16-22)37-18-24-13-14-43-24)38-31(40)15-20-5-7-21(8-6-20)27-3-2-4-32(39-27)44-19-23-9-11-26(35)25-17-30(36)45-33(23)25/h2-4,7,9-12,16-17,20,24,37H,5-6,8,13-15,18-19H2,1H3,(H,38,40)/t20?,24-/m0/s1. The highest BCUT2D eigenvalue weighted by Crippen LogP contribution is 2.34. The Morgan fingerprint density at radius 2 is 1.98 bits per heavy atom. The summed E-state index contributed by atoms with van der Waals surface area (Å²) in [6.45, 7) is 1.47. The molecule has 0 spiro atoms. The van der Waals surface area contributed by atoms with E-state index in [2.05, 4.69) is 21.7 Å². The van der Waals surface area contributed by atoms with Gasteiger partial charge in [0.1, 0.15) is 12.2 Å². The molecule has 6 rings (SSSR count). The first-order valence-corrected chi connectivity index (χ1v) is 15.3. The number of ether oxygens (including phenoxy) is 3.